The zero-order valence-electron chi connectivity index (χ0n) is 4.43. The van der Waals surface area contributed by atoms with Crippen molar-refractivity contribution in [2.75, 3.05) is 5.49 Å². The molecule has 9 heavy (non-hydrogen) atoms. The van der Waals surface area contributed by atoms with E-state index in [9.17, 15) is 8.42 Å². The molecule has 0 aromatic heterocycles. The Hall–Kier alpha value is 0.130. The van der Waals surface area contributed by atoms with Crippen LogP contribution in [0.4, 0.5) is 0 Å². The third-order valence-electron chi connectivity index (χ3n) is 0.370. The van der Waals surface area contributed by atoms with E-state index >= 15 is 0 Å². The molecular formula is C2H7O5PS. The highest BCUT2D eigenvalue weighted by Crippen LogP contribution is 2.34. The summed E-state index contributed by atoms with van der Waals surface area (Å²) in [6, 6.07) is 0. The first-order valence-corrected chi connectivity index (χ1v) is 5.51. The third-order valence-corrected chi connectivity index (χ3v) is 3.33. The average molecular weight is 174 g/mol. The summed E-state index contributed by atoms with van der Waals surface area (Å²) in [5, 5.41) is 0. The molecule has 0 fully saturated rings. The molecule has 0 unspecified atom stereocenters. The van der Waals surface area contributed by atoms with E-state index in [2.05, 4.69) is 6.30 Å². The van der Waals surface area contributed by atoms with E-state index in [1.54, 1.807) is 0 Å². The number of rotatable bonds is 2. The van der Waals surface area contributed by atoms with E-state index in [1.807, 2.05) is 0 Å². The van der Waals surface area contributed by atoms with Crippen molar-refractivity contribution in [2.45, 2.75) is 0 Å². The zero-order valence-corrected chi connectivity index (χ0v) is 6.14. The van der Waals surface area contributed by atoms with Crippen molar-refractivity contribution >= 4 is 23.8 Å². The van der Waals surface area contributed by atoms with Crippen molar-refractivity contribution in [1.29, 1.82) is 0 Å². The molecule has 0 rings (SSSR count). The van der Waals surface area contributed by atoms with Gasteiger partial charge in [0.1, 0.15) is 12.8 Å². The van der Waals surface area contributed by atoms with Crippen LogP contribution in [0, 0.1) is 0 Å². The molecule has 0 saturated heterocycles. The molecule has 0 amide bonds. The molecule has 0 atom stereocenters. The Balaban J connectivity index is 4.26. The maximum atomic E-state index is 9.87. The Morgan fingerprint density at radius 2 is 1.78 bits per heavy atom. The summed E-state index contributed by atoms with van der Waals surface area (Å²) in [6.45, 7) is 0. The first-order chi connectivity index (χ1) is 3.71. The fraction of sp³-hybridized carbons (Fsp3) is 0.500. The van der Waals surface area contributed by atoms with Crippen LogP contribution in [0.5, 0.6) is 0 Å². The van der Waals surface area contributed by atoms with Gasteiger partial charge in [-0.05, 0) is 0 Å². The minimum atomic E-state index is -4.29. The molecule has 0 heterocycles. The molecule has 0 aromatic carbocycles. The summed E-state index contributed by atoms with van der Waals surface area (Å²) in [7, 11) is -7.92. The highest BCUT2D eigenvalue weighted by Gasteiger charge is 2.14. The van der Waals surface area contributed by atoms with Gasteiger partial charge in [0.05, 0.1) is 0 Å². The molecule has 0 bridgehead atoms. The maximum absolute atomic E-state index is 9.87. The van der Waals surface area contributed by atoms with E-state index in [1.165, 1.54) is 0 Å². The van der Waals surface area contributed by atoms with Gasteiger partial charge in [-0.2, -0.15) is 8.42 Å². The van der Waals surface area contributed by atoms with Crippen molar-refractivity contribution in [3.63, 3.8) is 0 Å². The summed E-state index contributed by atoms with van der Waals surface area (Å²) in [5.41, 5.74) is -1.07. The normalized spacial score (nSPS) is 13.7. The van der Waals surface area contributed by atoms with Crippen LogP contribution in [0.2, 0.25) is 0 Å². The van der Waals surface area contributed by atoms with Gasteiger partial charge in [0, 0.05) is 0 Å². The minimum absolute atomic E-state index is 1.07. The van der Waals surface area contributed by atoms with E-state index in [-0.39, 0.29) is 0 Å². The molecule has 5 nitrogen and oxygen atoms in total. The molecule has 0 aliphatic heterocycles. The van der Waals surface area contributed by atoms with Gasteiger partial charge in [-0.15, -0.1) is 0 Å². The van der Waals surface area contributed by atoms with Crippen LogP contribution in [0.3, 0.4) is 0 Å². The van der Waals surface area contributed by atoms with Crippen LogP contribution in [0.15, 0.2) is 0 Å². The van der Waals surface area contributed by atoms with Crippen molar-refractivity contribution in [3.05, 3.63) is 0 Å². The SMILES string of the molecule is C=P(O)(O)CS(=O)(=O)O. The van der Waals surface area contributed by atoms with Crippen LogP contribution in [-0.2, 0) is 10.1 Å². The van der Waals surface area contributed by atoms with Gasteiger partial charge >= 0.3 is 0 Å². The Bertz CT molecular complexity index is 221. The third kappa shape index (κ3) is 8.13. The van der Waals surface area contributed by atoms with Gasteiger partial charge in [-0.1, -0.05) is 6.30 Å². The summed E-state index contributed by atoms with van der Waals surface area (Å²) in [5.74, 6) is 0. The molecule has 0 spiro atoms. The van der Waals surface area contributed by atoms with Gasteiger partial charge in [-0.25, -0.2) is 0 Å². The second-order valence-electron chi connectivity index (χ2n) is 1.59. The van der Waals surface area contributed by atoms with E-state index in [0.717, 1.165) is 0 Å². The maximum Gasteiger partial charge on any atom is 0.273 e. The first-order valence-electron chi connectivity index (χ1n) is 1.84. The van der Waals surface area contributed by atoms with Crippen LogP contribution in [0.1, 0.15) is 0 Å². The van der Waals surface area contributed by atoms with E-state index in [4.69, 9.17) is 14.3 Å². The summed E-state index contributed by atoms with van der Waals surface area (Å²) in [4.78, 5) is 16.7. The molecule has 0 aliphatic carbocycles. The zero-order chi connectivity index (χ0) is 7.71. The summed E-state index contributed by atoms with van der Waals surface area (Å²) < 4.78 is 27.7. The number of hydrogen-bond donors (Lipinski definition) is 3. The van der Waals surface area contributed by atoms with E-state index in [0.29, 0.717) is 0 Å². The van der Waals surface area contributed by atoms with Crippen LogP contribution in [0.25, 0.3) is 0 Å². The smallest absolute Gasteiger partial charge is 0.273 e. The van der Waals surface area contributed by atoms with Crippen molar-refractivity contribution < 1.29 is 22.8 Å². The molecule has 0 aromatic rings. The molecule has 0 radical (unpaired) electrons. The predicted molar refractivity (Wildman–Crippen MR) is 34.9 cm³/mol. The first kappa shape index (κ1) is 9.13. The Kier molecular flexibility index (Phi) is 2.43. The average Bonchev–Trinajstić information content (AvgIpc) is 1.14. The molecule has 56 valence electrons. The molecule has 0 aliphatic rings. The summed E-state index contributed by atoms with van der Waals surface area (Å²) >= 11 is 0. The molecule has 7 heteroatoms. The van der Waals surface area contributed by atoms with Crippen LogP contribution in [-0.4, -0.2) is 34.6 Å². The van der Waals surface area contributed by atoms with Crippen molar-refractivity contribution in [3.8, 4) is 0 Å². The monoisotopic (exact) mass is 174 g/mol. The quantitative estimate of drug-likeness (QED) is 0.372. The lowest BCUT2D eigenvalue weighted by Crippen LogP contribution is -2.03. The lowest BCUT2D eigenvalue weighted by atomic mass is 11.9. The highest BCUT2D eigenvalue weighted by molar-refractivity contribution is 7.94. The highest BCUT2D eigenvalue weighted by atomic mass is 32.2. The van der Waals surface area contributed by atoms with Gasteiger partial charge in [0.15, 0.2) is 0 Å². The lowest BCUT2D eigenvalue weighted by Gasteiger charge is -2.04. The topological polar surface area (TPSA) is 94.8 Å². The Labute approximate surface area is 52.8 Å². The second kappa shape index (κ2) is 2.40. The fourth-order valence-corrected chi connectivity index (χ4v) is 2.35. The van der Waals surface area contributed by atoms with Gasteiger partial charge in [0.2, 0.25) is 0 Å². The Morgan fingerprint density at radius 1 is 1.44 bits per heavy atom. The predicted octanol–water partition coefficient (Wildman–Crippen LogP) is -0.904. The van der Waals surface area contributed by atoms with E-state index < -0.39 is 23.0 Å². The minimum Gasteiger partial charge on any atom is -0.353 e. The standard InChI is InChI=1S/C2H7O5PS/c1-8(3,4)2-9(5,6)7/h3-4H,1-2H2,(H,5,6,7). The van der Waals surface area contributed by atoms with Crippen molar-refractivity contribution in [1.82, 2.24) is 0 Å². The summed E-state index contributed by atoms with van der Waals surface area (Å²) in [6.07, 6.45) is 2.74. The van der Waals surface area contributed by atoms with Gasteiger partial charge in [-0.3, -0.25) is 4.55 Å². The van der Waals surface area contributed by atoms with Crippen molar-refractivity contribution in [2.24, 2.45) is 0 Å². The van der Waals surface area contributed by atoms with Crippen LogP contribution < -0.4 is 0 Å². The second-order valence-corrected chi connectivity index (χ2v) is 5.54. The Morgan fingerprint density at radius 3 is 1.78 bits per heavy atom. The molecular weight excluding hydrogens is 167 g/mol. The number of hydrogen-bond acceptors (Lipinski definition) is 4. The van der Waals surface area contributed by atoms with Crippen LogP contribution >= 0.6 is 7.34 Å². The van der Waals surface area contributed by atoms with Gasteiger partial charge in [0.25, 0.3) is 10.1 Å². The molecule has 0 saturated carbocycles. The molecule has 3 N–H and O–H groups in total. The lowest BCUT2D eigenvalue weighted by molar-refractivity contribution is 0.466. The fourth-order valence-electron chi connectivity index (χ4n) is 0.261. The van der Waals surface area contributed by atoms with Gasteiger partial charge < -0.3 is 9.79 Å². The largest absolute Gasteiger partial charge is 0.353 e.